The molecule has 0 saturated heterocycles. The second-order valence-corrected chi connectivity index (χ2v) is 6.79. The van der Waals surface area contributed by atoms with Gasteiger partial charge in [-0.15, -0.1) is 0 Å². The predicted molar refractivity (Wildman–Crippen MR) is 92.3 cm³/mol. The third-order valence-electron chi connectivity index (χ3n) is 4.02. The van der Waals surface area contributed by atoms with Gasteiger partial charge in [0.1, 0.15) is 5.75 Å². The van der Waals surface area contributed by atoms with Crippen LogP contribution >= 0.6 is 0 Å². The van der Waals surface area contributed by atoms with Crippen LogP contribution in [0.1, 0.15) is 50.3 Å². The van der Waals surface area contributed by atoms with Gasteiger partial charge in [0.2, 0.25) is 0 Å². The first-order chi connectivity index (χ1) is 9.93. The molecule has 0 aliphatic carbocycles. The van der Waals surface area contributed by atoms with Gasteiger partial charge in [0.05, 0.1) is 7.11 Å². The third-order valence-corrected chi connectivity index (χ3v) is 4.02. The summed E-state index contributed by atoms with van der Waals surface area (Å²) in [6, 6.07) is 4.55. The number of nitrogens with one attached hydrogen (secondary N) is 1. The number of hydrogen-bond acceptors (Lipinski definition) is 2. The second-order valence-electron chi connectivity index (χ2n) is 6.79. The van der Waals surface area contributed by atoms with Crippen molar-refractivity contribution < 1.29 is 4.74 Å². The molecule has 0 saturated carbocycles. The SMILES string of the molecule is COc1c(C)cc(CCC(C)CCNCC(C)C)cc1C. The minimum absolute atomic E-state index is 0.741. The highest BCUT2D eigenvalue weighted by Gasteiger charge is 2.07. The van der Waals surface area contributed by atoms with E-state index in [9.17, 15) is 0 Å². The summed E-state index contributed by atoms with van der Waals surface area (Å²) in [7, 11) is 1.75. The topological polar surface area (TPSA) is 21.3 Å². The van der Waals surface area contributed by atoms with Crippen molar-refractivity contribution in [1.82, 2.24) is 5.32 Å². The molecule has 1 aromatic carbocycles. The van der Waals surface area contributed by atoms with Crippen LogP contribution in [0.25, 0.3) is 0 Å². The summed E-state index contributed by atoms with van der Waals surface area (Å²) in [6.07, 6.45) is 3.69. The van der Waals surface area contributed by atoms with Gasteiger partial charge in [-0.2, -0.15) is 0 Å². The van der Waals surface area contributed by atoms with Gasteiger partial charge >= 0.3 is 0 Å². The molecule has 120 valence electrons. The first-order valence-electron chi connectivity index (χ1n) is 8.28. The minimum Gasteiger partial charge on any atom is -0.496 e. The summed E-state index contributed by atoms with van der Waals surface area (Å²) in [4.78, 5) is 0. The molecule has 0 aliphatic rings. The number of ether oxygens (including phenoxy) is 1. The lowest BCUT2D eigenvalue weighted by atomic mass is 9.96. The second kappa shape index (κ2) is 9.09. The van der Waals surface area contributed by atoms with E-state index >= 15 is 0 Å². The van der Waals surface area contributed by atoms with E-state index in [0.717, 1.165) is 37.1 Å². The van der Waals surface area contributed by atoms with Crippen molar-refractivity contribution in [2.45, 2.75) is 53.9 Å². The van der Waals surface area contributed by atoms with Crippen LogP contribution in [-0.2, 0) is 6.42 Å². The summed E-state index contributed by atoms with van der Waals surface area (Å²) in [5, 5.41) is 3.53. The molecule has 1 N–H and O–H groups in total. The fourth-order valence-electron chi connectivity index (χ4n) is 2.80. The van der Waals surface area contributed by atoms with Gasteiger partial charge in [-0.05, 0) is 74.7 Å². The molecule has 0 fully saturated rings. The highest BCUT2D eigenvalue weighted by Crippen LogP contribution is 2.25. The molecule has 0 spiro atoms. The number of methoxy groups -OCH3 is 1. The first kappa shape index (κ1) is 18.0. The molecule has 0 heterocycles. The lowest BCUT2D eigenvalue weighted by molar-refractivity contribution is 0.408. The van der Waals surface area contributed by atoms with Crippen molar-refractivity contribution in [3.63, 3.8) is 0 Å². The average molecular weight is 291 g/mol. The minimum atomic E-state index is 0.741. The van der Waals surface area contributed by atoms with E-state index in [2.05, 4.69) is 52.1 Å². The Balaban J connectivity index is 2.37. The zero-order chi connectivity index (χ0) is 15.8. The van der Waals surface area contributed by atoms with Gasteiger partial charge < -0.3 is 10.1 Å². The number of aryl methyl sites for hydroxylation is 3. The Morgan fingerprint density at radius 2 is 1.67 bits per heavy atom. The van der Waals surface area contributed by atoms with Crippen LogP contribution in [0.5, 0.6) is 5.75 Å². The van der Waals surface area contributed by atoms with E-state index in [-0.39, 0.29) is 0 Å². The van der Waals surface area contributed by atoms with Gasteiger partial charge in [-0.3, -0.25) is 0 Å². The highest BCUT2D eigenvalue weighted by molar-refractivity contribution is 5.43. The Morgan fingerprint density at radius 1 is 1.05 bits per heavy atom. The van der Waals surface area contributed by atoms with E-state index in [1.54, 1.807) is 7.11 Å². The maximum atomic E-state index is 5.43. The molecule has 21 heavy (non-hydrogen) atoms. The Bertz CT molecular complexity index is 403. The molecule has 1 rings (SSSR count). The van der Waals surface area contributed by atoms with E-state index in [0.29, 0.717) is 0 Å². The molecule has 0 amide bonds. The van der Waals surface area contributed by atoms with Crippen molar-refractivity contribution in [3.05, 3.63) is 28.8 Å². The number of benzene rings is 1. The van der Waals surface area contributed by atoms with Crippen LogP contribution in [-0.4, -0.2) is 20.2 Å². The summed E-state index contributed by atoms with van der Waals surface area (Å²) in [5.74, 6) is 2.54. The van der Waals surface area contributed by atoms with Crippen molar-refractivity contribution in [1.29, 1.82) is 0 Å². The average Bonchev–Trinajstić information content (AvgIpc) is 2.41. The largest absolute Gasteiger partial charge is 0.496 e. The predicted octanol–water partition coefficient (Wildman–Crippen LogP) is 4.52. The standard InChI is InChI=1S/C19H33NO/c1-14(2)13-20-10-9-15(3)7-8-18-11-16(4)19(21-6)17(5)12-18/h11-12,14-15,20H,7-10,13H2,1-6H3. The Morgan fingerprint density at radius 3 is 2.19 bits per heavy atom. The zero-order valence-corrected chi connectivity index (χ0v) is 14.8. The molecule has 2 nitrogen and oxygen atoms in total. The molecular weight excluding hydrogens is 258 g/mol. The van der Waals surface area contributed by atoms with Crippen LogP contribution in [0, 0.1) is 25.7 Å². The van der Waals surface area contributed by atoms with E-state index < -0.39 is 0 Å². The van der Waals surface area contributed by atoms with Crippen LogP contribution in [0.15, 0.2) is 12.1 Å². The van der Waals surface area contributed by atoms with Gasteiger partial charge in [0.15, 0.2) is 0 Å². The van der Waals surface area contributed by atoms with Crippen molar-refractivity contribution in [2.75, 3.05) is 20.2 Å². The Kier molecular flexibility index (Phi) is 7.81. The molecule has 0 bridgehead atoms. The fourth-order valence-corrected chi connectivity index (χ4v) is 2.80. The number of rotatable bonds is 9. The van der Waals surface area contributed by atoms with Crippen molar-refractivity contribution in [3.8, 4) is 5.75 Å². The third kappa shape index (κ3) is 6.52. The Labute approximate surface area is 131 Å². The Hall–Kier alpha value is -1.02. The van der Waals surface area contributed by atoms with E-state index in [1.807, 2.05) is 0 Å². The van der Waals surface area contributed by atoms with E-state index in [1.165, 1.54) is 29.5 Å². The highest BCUT2D eigenvalue weighted by atomic mass is 16.5. The maximum Gasteiger partial charge on any atom is 0.124 e. The van der Waals surface area contributed by atoms with Crippen LogP contribution < -0.4 is 10.1 Å². The number of hydrogen-bond donors (Lipinski definition) is 1. The van der Waals surface area contributed by atoms with Gasteiger partial charge in [0, 0.05) is 0 Å². The van der Waals surface area contributed by atoms with Crippen LogP contribution in [0.4, 0.5) is 0 Å². The molecule has 0 aliphatic heterocycles. The molecule has 1 atom stereocenters. The molecule has 1 aromatic rings. The molecule has 0 aromatic heterocycles. The molecular formula is C19H33NO. The summed E-state index contributed by atoms with van der Waals surface area (Å²) in [6.45, 7) is 13.4. The van der Waals surface area contributed by atoms with Crippen molar-refractivity contribution in [2.24, 2.45) is 11.8 Å². The summed E-state index contributed by atoms with van der Waals surface area (Å²) >= 11 is 0. The van der Waals surface area contributed by atoms with Crippen molar-refractivity contribution >= 4 is 0 Å². The first-order valence-corrected chi connectivity index (χ1v) is 8.28. The molecule has 0 radical (unpaired) electrons. The van der Waals surface area contributed by atoms with Crippen LogP contribution in [0.2, 0.25) is 0 Å². The smallest absolute Gasteiger partial charge is 0.124 e. The molecule has 1 unspecified atom stereocenters. The zero-order valence-electron chi connectivity index (χ0n) is 14.8. The lowest BCUT2D eigenvalue weighted by Gasteiger charge is -2.15. The fraction of sp³-hybridized carbons (Fsp3) is 0.684. The molecule has 2 heteroatoms. The quantitative estimate of drug-likeness (QED) is 0.676. The summed E-state index contributed by atoms with van der Waals surface area (Å²) < 4.78 is 5.43. The monoisotopic (exact) mass is 291 g/mol. The summed E-state index contributed by atoms with van der Waals surface area (Å²) in [5.41, 5.74) is 3.94. The lowest BCUT2D eigenvalue weighted by Crippen LogP contribution is -2.22. The maximum absolute atomic E-state index is 5.43. The van der Waals surface area contributed by atoms with Gasteiger partial charge in [0.25, 0.3) is 0 Å². The van der Waals surface area contributed by atoms with Gasteiger partial charge in [-0.1, -0.05) is 32.9 Å². The normalized spacial score (nSPS) is 12.7. The van der Waals surface area contributed by atoms with Crippen LogP contribution in [0.3, 0.4) is 0 Å². The van der Waals surface area contributed by atoms with E-state index in [4.69, 9.17) is 4.74 Å². The van der Waals surface area contributed by atoms with Gasteiger partial charge in [-0.25, -0.2) is 0 Å².